The summed E-state index contributed by atoms with van der Waals surface area (Å²) in [5, 5.41) is 0. The van der Waals surface area contributed by atoms with Crippen molar-refractivity contribution in [1.29, 1.82) is 0 Å². The van der Waals surface area contributed by atoms with Crippen LogP contribution in [0.15, 0.2) is 54.6 Å². The Morgan fingerprint density at radius 3 is 2.11 bits per heavy atom. The molecule has 0 aliphatic carbocycles. The van der Waals surface area contributed by atoms with Gasteiger partial charge in [0.2, 0.25) is 0 Å². The smallest absolute Gasteiger partial charge is 0.123 e. The summed E-state index contributed by atoms with van der Waals surface area (Å²) in [6.07, 6.45) is 1.10. The molecule has 0 radical (unpaired) electrons. The summed E-state index contributed by atoms with van der Waals surface area (Å²) >= 11 is 2.38. The average Bonchev–Trinajstić information content (AvgIpc) is 2.42. The van der Waals surface area contributed by atoms with Crippen LogP contribution in [0.4, 0.5) is 15.8 Å². The van der Waals surface area contributed by atoms with E-state index in [1.165, 1.54) is 12.1 Å². The van der Waals surface area contributed by atoms with E-state index >= 15 is 0 Å². The molecule has 0 spiro atoms. The minimum Gasteiger partial charge on any atom is -0.341 e. The zero-order chi connectivity index (χ0) is 12.8. The topological polar surface area (TPSA) is 3.24 Å². The van der Waals surface area contributed by atoms with Crippen molar-refractivity contribution in [2.45, 2.75) is 6.42 Å². The average molecular weight is 355 g/mol. The number of anilines is 2. The lowest BCUT2D eigenvalue weighted by Crippen LogP contribution is -2.18. The minimum atomic E-state index is -0.194. The Balaban J connectivity index is 2.27. The lowest BCUT2D eigenvalue weighted by atomic mass is 10.2. The molecule has 0 unspecified atom stereocenters. The first-order chi connectivity index (χ1) is 8.81. The Labute approximate surface area is 121 Å². The predicted octanol–water partition coefficient (Wildman–Crippen LogP) is 4.79. The Morgan fingerprint density at radius 1 is 0.889 bits per heavy atom. The van der Waals surface area contributed by atoms with Gasteiger partial charge in [0.25, 0.3) is 0 Å². The van der Waals surface area contributed by atoms with Crippen LogP contribution in [0.2, 0.25) is 0 Å². The zero-order valence-electron chi connectivity index (χ0n) is 10.0. The van der Waals surface area contributed by atoms with E-state index in [4.69, 9.17) is 0 Å². The van der Waals surface area contributed by atoms with E-state index in [0.717, 1.165) is 28.8 Å². The van der Waals surface area contributed by atoms with Crippen molar-refractivity contribution < 1.29 is 4.39 Å². The fourth-order valence-electron chi connectivity index (χ4n) is 1.85. The second-order valence-electron chi connectivity index (χ2n) is 4.01. The van der Waals surface area contributed by atoms with E-state index < -0.39 is 0 Å². The van der Waals surface area contributed by atoms with Gasteiger partial charge in [0.15, 0.2) is 0 Å². The Morgan fingerprint density at radius 2 is 1.50 bits per heavy atom. The Bertz CT molecular complexity index is 470. The summed E-state index contributed by atoms with van der Waals surface area (Å²) < 4.78 is 14.1. The molecule has 0 aliphatic heterocycles. The molecule has 0 amide bonds. The van der Waals surface area contributed by atoms with Gasteiger partial charge in [-0.1, -0.05) is 40.8 Å². The van der Waals surface area contributed by atoms with Gasteiger partial charge in [-0.2, -0.15) is 0 Å². The van der Waals surface area contributed by atoms with Gasteiger partial charge in [0, 0.05) is 22.3 Å². The molecular weight excluding hydrogens is 340 g/mol. The van der Waals surface area contributed by atoms with Crippen molar-refractivity contribution in [1.82, 2.24) is 0 Å². The van der Waals surface area contributed by atoms with E-state index in [9.17, 15) is 4.39 Å². The number of para-hydroxylation sites is 1. The molecule has 2 aromatic carbocycles. The quantitative estimate of drug-likeness (QED) is 0.551. The molecule has 2 rings (SSSR count). The van der Waals surface area contributed by atoms with Gasteiger partial charge in [-0.3, -0.25) is 0 Å². The molecule has 94 valence electrons. The van der Waals surface area contributed by atoms with Crippen molar-refractivity contribution in [3.8, 4) is 0 Å². The van der Waals surface area contributed by atoms with Crippen LogP contribution in [0.1, 0.15) is 6.42 Å². The highest BCUT2D eigenvalue weighted by molar-refractivity contribution is 14.1. The van der Waals surface area contributed by atoms with Gasteiger partial charge < -0.3 is 4.90 Å². The number of halogens is 2. The van der Waals surface area contributed by atoms with Gasteiger partial charge in [0.05, 0.1) is 0 Å². The second kappa shape index (κ2) is 6.73. The summed E-state index contributed by atoms with van der Waals surface area (Å²) in [6, 6.07) is 16.9. The van der Waals surface area contributed by atoms with Crippen molar-refractivity contribution in [3.63, 3.8) is 0 Å². The Kier molecular flexibility index (Phi) is 4.99. The molecule has 18 heavy (non-hydrogen) atoms. The van der Waals surface area contributed by atoms with Gasteiger partial charge in [-0.15, -0.1) is 0 Å². The lowest BCUT2D eigenvalue weighted by molar-refractivity contribution is 0.627. The van der Waals surface area contributed by atoms with Crippen LogP contribution in [-0.4, -0.2) is 11.0 Å². The number of benzene rings is 2. The maximum absolute atomic E-state index is 13.0. The third kappa shape index (κ3) is 3.45. The molecule has 0 aliphatic rings. The van der Waals surface area contributed by atoms with Crippen LogP contribution >= 0.6 is 22.6 Å². The first kappa shape index (κ1) is 13.3. The maximum atomic E-state index is 13.0. The lowest BCUT2D eigenvalue weighted by Gasteiger charge is -2.24. The van der Waals surface area contributed by atoms with Gasteiger partial charge in [-0.05, 0) is 42.8 Å². The van der Waals surface area contributed by atoms with E-state index in [1.54, 1.807) is 0 Å². The molecule has 0 N–H and O–H groups in total. The highest BCUT2D eigenvalue weighted by Gasteiger charge is 2.08. The first-order valence-corrected chi connectivity index (χ1v) is 7.48. The normalized spacial score (nSPS) is 10.3. The zero-order valence-corrected chi connectivity index (χ0v) is 12.2. The summed E-state index contributed by atoms with van der Waals surface area (Å²) in [7, 11) is 0. The fourth-order valence-corrected chi connectivity index (χ4v) is 2.20. The number of hydrogen-bond acceptors (Lipinski definition) is 1. The highest BCUT2D eigenvalue weighted by Crippen LogP contribution is 2.25. The van der Waals surface area contributed by atoms with Crippen molar-refractivity contribution in [2.75, 3.05) is 15.9 Å². The van der Waals surface area contributed by atoms with Crippen molar-refractivity contribution in [2.24, 2.45) is 0 Å². The van der Waals surface area contributed by atoms with Gasteiger partial charge in [0.1, 0.15) is 5.82 Å². The molecule has 2 aromatic rings. The molecule has 0 fully saturated rings. The van der Waals surface area contributed by atoms with Gasteiger partial charge >= 0.3 is 0 Å². The van der Waals surface area contributed by atoms with Crippen LogP contribution in [0, 0.1) is 5.82 Å². The minimum absolute atomic E-state index is 0.194. The predicted molar refractivity (Wildman–Crippen MR) is 83.4 cm³/mol. The van der Waals surface area contributed by atoms with Crippen LogP contribution < -0.4 is 4.90 Å². The largest absolute Gasteiger partial charge is 0.341 e. The van der Waals surface area contributed by atoms with Gasteiger partial charge in [-0.25, -0.2) is 4.39 Å². The van der Waals surface area contributed by atoms with Crippen LogP contribution in [0.25, 0.3) is 0 Å². The number of rotatable bonds is 5. The summed E-state index contributed by atoms with van der Waals surface area (Å²) in [5.74, 6) is -0.194. The standard InChI is InChI=1S/C15H15FIN/c16-13-7-9-15(10-8-13)18(12-4-11-17)14-5-2-1-3-6-14/h1-3,5-10H,4,11-12H2. The van der Waals surface area contributed by atoms with E-state index in [0.29, 0.717) is 0 Å². The monoisotopic (exact) mass is 355 g/mol. The van der Waals surface area contributed by atoms with E-state index in [2.05, 4.69) is 39.6 Å². The Hall–Kier alpha value is -1.10. The van der Waals surface area contributed by atoms with Crippen LogP contribution in [-0.2, 0) is 0 Å². The van der Waals surface area contributed by atoms with Crippen molar-refractivity contribution >= 4 is 34.0 Å². The maximum Gasteiger partial charge on any atom is 0.123 e. The van der Waals surface area contributed by atoms with E-state index in [1.807, 2.05) is 30.3 Å². The molecule has 0 atom stereocenters. The molecule has 0 aromatic heterocycles. The SMILES string of the molecule is Fc1ccc(N(CCCI)c2ccccc2)cc1. The number of hydrogen-bond donors (Lipinski definition) is 0. The summed E-state index contributed by atoms with van der Waals surface area (Å²) in [4.78, 5) is 2.22. The molecule has 0 bridgehead atoms. The molecular formula is C15H15FIN. The fraction of sp³-hybridized carbons (Fsp3) is 0.200. The molecule has 0 saturated carbocycles. The number of nitrogens with zero attached hydrogens (tertiary/aromatic N) is 1. The summed E-state index contributed by atoms with van der Waals surface area (Å²) in [5.41, 5.74) is 2.18. The van der Waals surface area contributed by atoms with Crippen LogP contribution in [0.3, 0.4) is 0 Å². The highest BCUT2D eigenvalue weighted by atomic mass is 127. The third-order valence-corrected chi connectivity index (χ3v) is 3.48. The van der Waals surface area contributed by atoms with Crippen molar-refractivity contribution in [3.05, 3.63) is 60.4 Å². The molecule has 0 heterocycles. The third-order valence-electron chi connectivity index (χ3n) is 2.72. The molecule has 1 nitrogen and oxygen atoms in total. The first-order valence-electron chi connectivity index (χ1n) is 5.95. The van der Waals surface area contributed by atoms with E-state index in [-0.39, 0.29) is 5.82 Å². The molecule has 3 heteroatoms. The summed E-state index contributed by atoms with van der Waals surface area (Å²) in [6.45, 7) is 0.943. The van der Waals surface area contributed by atoms with Crippen LogP contribution in [0.5, 0.6) is 0 Å². The number of alkyl halides is 1. The molecule has 0 saturated heterocycles. The second-order valence-corrected chi connectivity index (χ2v) is 5.08.